The number of hydrogen-bond acceptors (Lipinski definition) is 3. The maximum atomic E-state index is 11.9. The summed E-state index contributed by atoms with van der Waals surface area (Å²) in [6.45, 7) is 2.85. The standard InChI is InChI=1S/C12H16ClN3O2/c1-8-10(12(13)15(2)14-8)3-4-11(18)16-6-5-9(17)7-16/h3-4,9,17H,5-7H2,1-2H3. The number of carbonyl (C=O) groups excluding carboxylic acids is 1. The minimum absolute atomic E-state index is 0.106. The van der Waals surface area contributed by atoms with Crippen molar-refractivity contribution in [3.8, 4) is 0 Å². The van der Waals surface area contributed by atoms with Crippen molar-refractivity contribution < 1.29 is 9.90 Å². The third-order valence-corrected chi connectivity index (χ3v) is 3.51. The Morgan fingerprint density at radius 2 is 2.33 bits per heavy atom. The van der Waals surface area contributed by atoms with Crippen LogP contribution in [0, 0.1) is 6.92 Å². The highest BCUT2D eigenvalue weighted by Gasteiger charge is 2.22. The number of aliphatic hydroxyl groups is 1. The molecule has 1 N–H and O–H groups in total. The van der Waals surface area contributed by atoms with Crippen molar-refractivity contribution in [2.45, 2.75) is 19.4 Å². The second-order valence-electron chi connectivity index (χ2n) is 4.47. The second kappa shape index (κ2) is 5.12. The molecule has 1 aliphatic rings. The lowest BCUT2D eigenvalue weighted by molar-refractivity contribution is -0.125. The maximum absolute atomic E-state index is 11.9. The zero-order valence-corrected chi connectivity index (χ0v) is 11.2. The first kappa shape index (κ1) is 13.1. The van der Waals surface area contributed by atoms with Crippen LogP contribution in [0.25, 0.3) is 6.08 Å². The lowest BCUT2D eigenvalue weighted by Crippen LogP contribution is -2.27. The van der Waals surface area contributed by atoms with Crippen LogP contribution in [0.15, 0.2) is 6.08 Å². The molecule has 6 heteroatoms. The first-order valence-electron chi connectivity index (χ1n) is 5.83. The van der Waals surface area contributed by atoms with Crippen LogP contribution in [0.4, 0.5) is 0 Å². The van der Waals surface area contributed by atoms with Crippen molar-refractivity contribution in [3.05, 3.63) is 22.5 Å². The number of rotatable bonds is 2. The van der Waals surface area contributed by atoms with Gasteiger partial charge in [0.15, 0.2) is 0 Å². The summed E-state index contributed by atoms with van der Waals surface area (Å²) in [6, 6.07) is 0. The summed E-state index contributed by atoms with van der Waals surface area (Å²) in [4.78, 5) is 13.5. The van der Waals surface area contributed by atoms with E-state index in [-0.39, 0.29) is 5.91 Å². The molecule has 98 valence electrons. The molecule has 1 saturated heterocycles. The average molecular weight is 270 g/mol. The van der Waals surface area contributed by atoms with Gasteiger partial charge in [-0.15, -0.1) is 0 Å². The van der Waals surface area contributed by atoms with Crippen LogP contribution in [-0.2, 0) is 11.8 Å². The molecule has 1 amide bonds. The number of aromatic nitrogens is 2. The quantitative estimate of drug-likeness (QED) is 0.815. The van der Waals surface area contributed by atoms with Crippen LogP contribution in [0.2, 0.25) is 5.15 Å². The van der Waals surface area contributed by atoms with E-state index in [0.717, 1.165) is 11.3 Å². The Kier molecular flexibility index (Phi) is 3.73. The van der Waals surface area contributed by atoms with E-state index >= 15 is 0 Å². The van der Waals surface area contributed by atoms with Gasteiger partial charge in [-0.3, -0.25) is 9.48 Å². The molecule has 0 aliphatic carbocycles. The fourth-order valence-electron chi connectivity index (χ4n) is 2.04. The highest BCUT2D eigenvalue weighted by Crippen LogP contribution is 2.20. The number of nitrogens with zero attached hydrogens (tertiary/aromatic N) is 3. The van der Waals surface area contributed by atoms with E-state index in [4.69, 9.17) is 11.6 Å². The minimum atomic E-state index is -0.397. The van der Waals surface area contributed by atoms with Gasteiger partial charge in [-0.05, 0) is 19.4 Å². The maximum Gasteiger partial charge on any atom is 0.246 e. The highest BCUT2D eigenvalue weighted by atomic mass is 35.5. The van der Waals surface area contributed by atoms with Crippen molar-refractivity contribution in [1.29, 1.82) is 0 Å². The monoisotopic (exact) mass is 269 g/mol. The van der Waals surface area contributed by atoms with Crippen molar-refractivity contribution in [3.63, 3.8) is 0 Å². The van der Waals surface area contributed by atoms with Gasteiger partial charge in [0.2, 0.25) is 5.91 Å². The number of aryl methyl sites for hydroxylation is 2. The Morgan fingerprint density at radius 1 is 1.61 bits per heavy atom. The Labute approximate surface area is 111 Å². The molecule has 0 bridgehead atoms. The van der Waals surface area contributed by atoms with Crippen LogP contribution < -0.4 is 0 Å². The molecule has 1 aliphatic heterocycles. The first-order valence-corrected chi connectivity index (χ1v) is 6.21. The van der Waals surface area contributed by atoms with Crippen molar-refractivity contribution in [2.75, 3.05) is 13.1 Å². The largest absolute Gasteiger partial charge is 0.391 e. The molecule has 1 fully saturated rings. The third-order valence-electron chi connectivity index (χ3n) is 3.06. The normalized spacial score (nSPS) is 20.0. The molecule has 0 aromatic carbocycles. The first-order chi connectivity index (χ1) is 8.49. The number of hydrogen-bond donors (Lipinski definition) is 1. The number of aliphatic hydroxyl groups excluding tert-OH is 1. The van der Waals surface area contributed by atoms with E-state index in [9.17, 15) is 9.90 Å². The molecule has 1 unspecified atom stereocenters. The van der Waals surface area contributed by atoms with Gasteiger partial charge in [-0.1, -0.05) is 11.6 Å². The summed E-state index contributed by atoms with van der Waals surface area (Å²) in [5, 5.41) is 14.1. The highest BCUT2D eigenvalue weighted by molar-refractivity contribution is 6.31. The average Bonchev–Trinajstić information content (AvgIpc) is 2.83. The Bertz CT molecular complexity index is 496. The van der Waals surface area contributed by atoms with Crippen molar-refractivity contribution in [1.82, 2.24) is 14.7 Å². The number of carbonyl (C=O) groups is 1. The second-order valence-corrected chi connectivity index (χ2v) is 4.83. The van der Waals surface area contributed by atoms with Gasteiger partial charge in [0.25, 0.3) is 0 Å². The summed E-state index contributed by atoms with van der Waals surface area (Å²) in [5.74, 6) is -0.106. The van der Waals surface area contributed by atoms with Crippen LogP contribution in [0.1, 0.15) is 17.7 Å². The van der Waals surface area contributed by atoms with Gasteiger partial charge in [-0.25, -0.2) is 0 Å². The van der Waals surface area contributed by atoms with E-state index in [2.05, 4.69) is 5.10 Å². The molecule has 5 nitrogen and oxygen atoms in total. The van der Waals surface area contributed by atoms with Gasteiger partial charge in [-0.2, -0.15) is 5.10 Å². The molecule has 1 aromatic rings. The lowest BCUT2D eigenvalue weighted by Gasteiger charge is -2.12. The molecule has 2 rings (SSSR count). The molecular weight excluding hydrogens is 254 g/mol. The zero-order chi connectivity index (χ0) is 13.3. The van der Waals surface area contributed by atoms with Crippen LogP contribution >= 0.6 is 11.6 Å². The summed E-state index contributed by atoms with van der Waals surface area (Å²) in [6.07, 6.45) is 3.41. The van der Waals surface area contributed by atoms with Crippen LogP contribution in [-0.4, -0.2) is 44.9 Å². The molecule has 0 radical (unpaired) electrons. The van der Waals surface area contributed by atoms with Crippen molar-refractivity contribution >= 4 is 23.6 Å². The van der Waals surface area contributed by atoms with Crippen molar-refractivity contribution in [2.24, 2.45) is 7.05 Å². The number of β-amino-alcohol motifs (C(OH)–C–C–N with tert-alkyl or cyclic N) is 1. The molecule has 1 aromatic heterocycles. The van der Waals surface area contributed by atoms with E-state index in [1.54, 1.807) is 22.7 Å². The molecule has 1 atom stereocenters. The van der Waals surface area contributed by atoms with Gasteiger partial charge in [0, 0.05) is 31.8 Å². The van der Waals surface area contributed by atoms with E-state index < -0.39 is 6.10 Å². The summed E-state index contributed by atoms with van der Waals surface area (Å²) in [5.41, 5.74) is 1.54. The van der Waals surface area contributed by atoms with Crippen LogP contribution in [0.3, 0.4) is 0 Å². The molecule has 0 saturated carbocycles. The lowest BCUT2D eigenvalue weighted by atomic mass is 10.2. The zero-order valence-electron chi connectivity index (χ0n) is 10.4. The minimum Gasteiger partial charge on any atom is -0.391 e. The molecular formula is C12H16ClN3O2. The fraction of sp³-hybridized carbons (Fsp3) is 0.500. The molecule has 0 spiro atoms. The molecule has 2 heterocycles. The van der Waals surface area contributed by atoms with Crippen LogP contribution in [0.5, 0.6) is 0 Å². The van der Waals surface area contributed by atoms with Gasteiger partial charge < -0.3 is 10.0 Å². The third kappa shape index (κ3) is 2.57. The summed E-state index contributed by atoms with van der Waals surface area (Å²) in [7, 11) is 1.76. The van der Waals surface area contributed by atoms with E-state index in [1.165, 1.54) is 6.08 Å². The number of likely N-dealkylation sites (tertiary alicyclic amines) is 1. The predicted molar refractivity (Wildman–Crippen MR) is 69.2 cm³/mol. The number of amides is 1. The Balaban J connectivity index is 2.09. The topological polar surface area (TPSA) is 58.4 Å². The summed E-state index contributed by atoms with van der Waals surface area (Å²) < 4.78 is 1.57. The molecule has 18 heavy (non-hydrogen) atoms. The Morgan fingerprint density at radius 3 is 2.83 bits per heavy atom. The van der Waals surface area contributed by atoms with Gasteiger partial charge in [0.05, 0.1) is 11.8 Å². The van der Waals surface area contributed by atoms with Gasteiger partial charge in [0.1, 0.15) is 5.15 Å². The predicted octanol–water partition coefficient (Wildman–Crippen LogP) is 0.988. The summed E-state index contributed by atoms with van der Waals surface area (Å²) >= 11 is 6.06. The smallest absolute Gasteiger partial charge is 0.246 e. The number of halogens is 1. The van der Waals surface area contributed by atoms with E-state index in [1.807, 2.05) is 6.92 Å². The fourth-order valence-corrected chi connectivity index (χ4v) is 2.28. The SMILES string of the molecule is Cc1nn(C)c(Cl)c1C=CC(=O)N1CCC(O)C1. The van der Waals surface area contributed by atoms with Gasteiger partial charge >= 0.3 is 0 Å². The Hall–Kier alpha value is -1.33. The van der Waals surface area contributed by atoms with E-state index in [0.29, 0.717) is 24.7 Å².